The lowest BCUT2D eigenvalue weighted by molar-refractivity contribution is 0.548. The van der Waals surface area contributed by atoms with Crippen LogP contribution >= 0.6 is 22.9 Å². The van der Waals surface area contributed by atoms with Crippen LogP contribution in [0.15, 0.2) is 30.5 Å². The van der Waals surface area contributed by atoms with Crippen molar-refractivity contribution in [1.29, 1.82) is 0 Å². The van der Waals surface area contributed by atoms with Gasteiger partial charge < -0.3 is 5.73 Å². The van der Waals surface area contributed by atoms with E-state index in [0.717, 1.165) is 22.1 Å². The van der Waals surface area contributed by atoms with Gasteiger partial charge in [-0.25, -0.2) is 0 Å². The molecule has 88 valence electrons. The minimum Gasteiger partial charge on any atom is -0.323 e. The number of nitrogens with zero attached hydrogens (tertiary/aromatic N) is 1. The molecule has 1 aliphatic carbocycles. The van der Waals surface area contributed by atoms with E-state index in [9.17, 15) is 0 Å². The number of aryl methyl sites for hydroxylation is 1. The molecule has 0 saturated carbocycles. The van der Waals surface area contributed by atoms with E-state index in [0.29, 0.717) is 5.92 Å². The molecule has 2 atom stereocenters. The summed E-state index contributed by atoms with van der Waals surface area (Å²) in [5.74, 6) is 0.334. The van der Waals surface area contributed by atoms with Gasteiger partial charge in [0.15, 0.2) is 0 Å². The van der Waals surface area contributed by atoms with Gasteiger partial charge in [-0.15, -0.1) is 11.3 Å². The summed E-state index contributed by atoms with van der Waals surface area (Å²) in [5, 5.41) is 0. The van der Waals surface area contributed by atoms with Gasteiger partial charge in [-0.3, -0.25) is 4.98 Å². The van der Waals surface area contributed by atoms with Crippen LogP contribution in [-0.2, 0) is 6.42 Å². The van der Waals surface area contributed by atoms with Crippen LogP contribution in [-0.4, -0.2) is 4.98 Å². The summed E-state index contributed by atoms with van der Waals surface area (Å²) < 4.78 is 0.801. The van der Waals surface area contributed by atoms with Crippen molar-refractivity contribution in [2.75, 3.05) is 0 Å². The van der Waals surface area contributed by atoms with Crippen LogP contribution in [0.3, 0.4) is 0 Å². The van der Waals surface area contributed by atoms with Crippen molar-refractivity contribution in [2.24, 2.45) is 5.73 Å². The fraction of sp³-hybridized carbons (Fsp3) is 0.308. The lowest BCUT2D eigenvalue weighted by atomic mass is 9.96. The van der Waals surface area contributed by atoms with Crippen molar-refractivity contribution in [3.8, 4) is 0 Å². The first kappa shape index (κ1) is 11.2. The van der Waals surface area contributed by atoms with Crippen LogP contribution < -0.4 is 5.73 Å². The average molecular weight is 265 g/mol. The van der Waals surface area contributed by atoms with Gasteiger partial charge in [-0.1, -0.05) is 17.7 Å². The van der Waals surface area contributed by atoms with Crippen LogP contribution in [0.5, 0.6) is 0 Å². The lowest BCUT2D eigenvalue weighted by Gasteiger charge is -2.17. The maximum atomic E-state index is 6.34. The van der Waals surface area contributed by atoms with Crippen molar-refractivity contribution in [2.45, 2.75) is 24.8 Å². The summed E-state index contributed by atoms with van der Waals surface area (Å²) in [7, 11) is 0. The summed E-state index contributed by atoms with van der Waals surface area (Å²) in [6.45, 7) is 0. The first-order valence-corrected chi connectivity index (χ1v) is 6.90. The maximum absolute atomic E-state index is 6.34. The lowest BCUT2D eigenvalue weighted by Crippen LogP contribution is -2.17. The third kappa shape index (κ3) is 1.99. The number of hydrogen-bond acceptors (Lipinski definition) is 3. The number of hydrogen-bond donors (Lipinski definition) is 1. The van der Waals surface area contributed by atoms with E-state index < -0.39 is 0 Å². The predicted octanol–water partition coefficient (Wildman–Crippen LogP) is 3.53. The number of pyridine rings is 1. The van der Waals surface area contributed by atoms with Crippen LogP contribution in [0, 0.1) is 0 Å². The van der Waals surface area contributed by atoms with E-state index in [2.05, 4.69) is 11.1 Å². The van der Waals surface area contributed by atoms with Crippen LogP contribution in [0.25, 0.3) is 0 Å². The Morgan fingerprint density at radius 1 is 1.41 bits per heavy atom. The van der Waals surface area contributed by atoms with E-state index >= 15 is 0 Å². The molecular formula is C13H13ClN2S. The molecule has 2 aromatic heterocycles. The van der Waals surface area contributed by atoms with E-state index in [1.54, 1.807) is 11.3 Å². The Morgan fingerprint density at radius 3 is 3.06 bits per heavy atom. The molecule has 2 aromatic rings. The first-order chi connectivity index (χ1) is 8.25. The van der Waals surface area contributed by atoms with Gasteiger partial charge in [-0.2, -0.15) is 0 Å². The Labute approximate surface area is 109 Å². The number of nitrogens with two attached hydrogens (primary N) is 1. The number of fused-ring (bicyclic) bond motifs is 1. The van der Waals surface area contributed by atoms with E-state index in [1.165, 1.54) is 11.3 Å². The molecule has 0 spiro atoms. The highest BCUT2D eigenvalue weighted by atomic mass is 35.5. The zero-order valence-electron chi connectivity index (χ0n) is 9.27. The summed E-state index contributed by atoms with van der Waals surface area (Å²) >= 11 is 7.53. The number of thiophene rings is 1. The highest BCUT2D eigenvalue weighted by Gasteiger charge is 2.30. The summed E-state index contributed by atoms with van der Waals surface area (Å²) in [4.78, 5) is 5.64. The van der Waals surface area contributed by atoms with Gasteiger partial charge in [0.2, 0.25) is 0 Å². The molecule has 0 bridgehead atoms. The molecule has 2 N–H and O–H groups in total. The Balaban J connectivity index is 1.92. The largest absolute Gasteiger partial charge is 0.323 e. The molecule has 0 fully saturated rings. The van der Waals surface area contributed by atoms with Gasteiger partial charge in [0, 0.05) is 28.7 Å². The first-order valence-electron chi connectivity index (χ1n) is 5.70. The molecule has 0 amide bonds. The summed E-state index contributed by atoms with van der Waals surface area (Å²) in [6, 6.07) is 8.10. The van der Waals surface area contributed by atoms with Crippen molar-refractivity contribution < 1.29 is 0 Å². The molecule has 1 aliphatic rings. The maximum Gasteiger partial charge on any atom is 0.0931 e. The van der Waals surface area contributed by atoms with Gasteiger partial charge >= 0.3 is 0 Å². The zero-order valence-corrected chi connectivity index (χ0v) is 10.8. The van der Waals surface area contributed by atoms with Crippen molar-refractivity contribution in [3.63, 3.8) is 0 Å². The molecule has 4 heteroatoms. The quantitative estimate of drug-likeness (QED) is 0.901. The summed E-state index contributed by atoms with van der Waals surface area (Å²) in [5.41, 5.74) is 8.85. The smallest absolute Gasteiger partial charge is 0.0931 e. The minimum absolute atomic E-state index is 0.0173. The van der Waals surface area contributed by atoms with Crippen molar-refractivity contribution in [1.82, 2.24) is 4.98 Å². The highest BCUT2D eigenvalue weighted by Crippen LogP contribution is 2.41. The van der Waals surface area contributed by atoms with Crippen molar-refractivity contribution in [3.05, 3.63) is 50.9 Å². The molecule has 2 unspecified atom stereocenters. The van der Waals surface area contributed by atoms with Crippen molar-refractivity contribution >= 4 is 22.9 Å². The number of rotatable bonds is 2. The Hall–Kier alpha value is -0.900. The van der Waals surface area contributed by atoms with Gasteiger partial charge in [0.1, 0.15) is 0 Å². The van der Waals surface area contributed by atoms with E-state index in [-0.39, 0.29) is 6.04 Å². The molecule has 0 aliphatic heterocycles. The SMILES string of the molecule is NC(c1ccc(Cl)s1)C1CCc2cccnc21. The van der Waals surface area contributed by atoms with E-state index in [1.807, 2.05) is 24.4 Å². The molecule has 3 rings (SSSR count). The number of halogens is 1. The average Bonchev–Trinajstić information content (AvgIpc) is 2.94. The van der Waals surface area contributed by atoms with Crippen LogP contribution in [0.4, 0.5) is 0 Å². The number of aromatic nitrogens is 1. The predicted molar refractivity (Wildman–Crippen MR) is 71.6 cm³/mol. The standard InChI is InChI=1S/C13H13ClN2S/c14-11-6-5-10(17-11)12(15)9-4-3-8-2-1-7-16-13(8)9/h1-2,5-7,9,12H,3-4,15H2. The fourth-order valence-corrected chi connectivity index (χ4v) is 3.63. The monoisotopic (exact) mass is 264 g/mol. The molecule has 2 nitrogen and oxygen atoms in total. The normalized spacial score (nSPS) is 20.2. The third-order valence-corrected chi connectivity index (χ3v) is 4.69. The molecule has 0 saturated heterocycles. The Bertz CT molecular complexity index is 538. The second kappa shape index (κ2) is 4.41. The highest BCUT2D eigenvalue weighted by molar-refractivity contribution is 7.16. The van der Waals surface area contributed by atoms with E-state index in [4.69, 9.17) is 17.3 Å². The van der Waals surface area contributed by atoms with Crippen LogP contribution in [0.2, 0.25) is 4.34 Å². The molecule has 0 radical (unpaired) electrons. The second-order valence-corrected chi connectivity index (χ2v) is 6.11. The molecule has 2 heterocycles. The molecular weight excluding hydrogens is 252 g/mol. The second-order valence-electron chi connectivity index (χ2n) is 4.36. The fourth-order valence-electron chi connectivity index (χ4n) is 2.50. The minimum atomic E-state index is 0.0173. The summed E-state index contributed by atoms with van der Waals surface area (Å²) in [6.07, 6.45) is 4.02. The Morgan fingerprint density at radius 2 is 2.29 bits per heavy atom. The molecule has 17 heavy (non-hydrogen) atoms. The topological polar surface area (TPSA) is 38.9 Å². The zero-order chi connectivity index (χ0) is 11.8. The molecule has 0 aromatic carbocycles. The van der Waals surface area contributed by atoms with Gasteiger partial charge in [0.25, 0.3) is 0 Å². The van der Waals surface area contributed by atoms with Gasteiger partial charge in [-0.05, 0) is 36.6 Å². The Kier molecular flexibility index (Phi) is 2.90. The van der Waals surface area contributed by atoms with Gasteiger partial charge in [0.05, 0.1) is 4.34 Å². The third-order valence-electron chi connectivity index (χ3n) is 3.36. The van der Waals surface area contributed by atoms with Crippen LogP contribution in [0.1, 0.15) is 34.5 Å².